The molecule has 1 aromatic carbocycles. The lowest BCUT2D eigenvalue weighted by Crippen LogP contribution is -2.44. The van der Waals surface area contributed by atoms with Crippen molar-refractivity contribution in [2.24, 2.45) is 0 Å². The molecule has 1 aliphatic rings. The van der Waals surface area contributed by atoms with E-state index in [1.54, 1.807) is 0 Å². The number of fused-ring (bicyclic) bond motifs is 1. The van der Waals surface area contributed by atoms with Crippen molar-refractivity contribution in [2.45, 2.75) is 32.2 Å². The number of nitrogens with one attached hydrogen (secondary N) is 1. The first-order valence-electron chi connectivity index (χ1n) is 6.50. The third kappa shape index (κ3) is 2.14. The molecular weight excluding hydrogens is 242 g/mol. The molecule has 1 heterocycles. The Balaban J connectivity index is 1.87. The van der Waals surface area contributed by atoms with Crippen molar-refractivity contribution >= 4 is 22.7 Å². The van der Waals surface area contributed by atoms with E-state index in [1.165, 1.54) is 11.8 Å². The lowest BCUT2D eigenvalue weighted by Gasteiger charge is -2.24. The largest absolute Gasteiger partial charge is 0.463 e. The fraction of sp³-hybridized carbons (Fsp3) is 0.333. The van der Waals surface area contributed by atoms with Gasteiger partial charge in [-0.15, -0.1) is 0 Å². The molecule has 2 aromatic rings. The summed E-state index contributed by atoms with van der Waals surface area (Å²) in [4.78, 5) is 23.1. The molecule has 4 heteroatoms. The van der Waals surface area contributed by atoms with Crippen molar-refractivity contribution < 1.29 is 14.0 Å². The van der Waals surface area contributed by atoms with E-state index in [0.29, 0.717) is 24.0 Å². The molecule has 0 spiro atoms. The average molecular weight is 257 g/mol. The zero-order chi connectivity index (χ0) is 13.4. The molecule has 3 rings (SSSR count). The summed E-state index contributed by atoms with van der Waals surface area (Å²) in [7, 11) is 0. The van der Waals surface area contributed by atoms with Crippen LogP contribution in [0, 0.1) is 0 Å². The molecular formula is C15H15NO3. The van der Waals surface area contributed by atoms with Crippen molar-refractivity contribution in [2.75, 3.05) is 0 Å². The lowest BCUT2D eigenvalue weighted by molar-refractivity contribution is -0.124. The summed E-state index contributed by atoms with van der Waals surface area (Å²) >= 11 is 0. The van der Waals surface area contributed by atoms with Crippen LogP contribution in [-0.4, -0.2) is 17.7 Å². The minimum Gasteiger partial charge on any atom is -0.463 e. The molecule has 0 bridgehead atoms. The van der Waals surface area contributed by atoms with Crippen LogP contribution in [0.15, 0.2) is 28.9 Å². The van der Waals surface area contributed by atoms with Gasteiger partial charge in [-0.3, -0.25) is 9.59 Å². The van der Waals surface area contributed by atoms with Crippen LogP contribution in [0.4, 0.5) is 0 Å². The van der Waals surface area contributed by atoms with E-state index in [0.717, 1.165) is 11.8 Å². The predicted octanol–water partition coefficient (Wildman–Crippen LogP) is 2.46. The van der Waals surface area contributed by atoms with Gasteiger partial charge >= 0.3 is 0 Å². The van der Waals surface area contributed by atoms with Crippen LogP contribution < -0.4 is 5.32 Å². The highest BCUT2D eigenvalue weighted by molar-refractivity contribution is 6.06. The van der Waals surface area contributed by atoms with E-state index in [4.69, 9.17) is 4.42 Å². The number of aryl methyl sites for hydroxylation is 1. The number of furan rings is 1. The van der Waals surface area contributed by atoms with Crippen molar-refractivity contribution in [3.05, 3.63) is 35.6 Å². The van der Waals surface area contributed by atoms with E-state index in [1.807, 2.05) is 18.2 Å². The zero-order valence-electron chi connectivity index (χ0n) is 10.7. The Morgan fingerprint density at radius 1 is 1.42 bits per heavy atom. The average Bonchev–Trinajstić information content (AvgIpc) is 2.79. The molecule has 1 N–H and O–H groups in total. The van der Waals surface area contributed by atoms with Gasteiger partial charge in [-0.05, 0) is 24.1 Å². The van der Waals surface area contributed by atoms with E-state index in [9.17, 15) is 9.59 Å². The summed E-state index contributed by atoms with van der Waals surface area (Å²) in [6.45, 7) is 2.07. The van der Waals surface area contributed by atoms with Gasteiger partial charge in [0.2, 0.25) is 0 Å². The number of hydrogen-bond donors (Lipinski definition) is 1. The fourth-order valence-electron chi connectivity index (χ4n) is 2.33. The molecule has 1 saturated carbocycles. The Hall–Kier alpha value is -2.10. The van der Waals surface area contributed by atoms with Gasteiger partial charge in [0.1, 0.15) is 17.6 Å². The molecule has 1 aliphatic carbocycles. The standard InChI is InChI=1S/C15H15NO3/c1-2-9-3-4-14-12(5-9)13(8-19-14)15(18)16-10-6-11(17)7-10/h3-5,8,10H,2,6-7H2,1H3,(H,16,18). The minimum absolute atomic E-state index is 0.0145. The Morgan fingerprint density at radius 3 is 2.89 bits per heavy atom. The van der Waals surface area contributed by atoms with Crippen LogP contribution in [0.2, 0.25) is 0 Å². The third-order valence-electron chi connectivity index (χ3n) is 3.57. The molecule has 1 fully saturated rings. The van der Waals surface area contributed by atoms with Crippen LogP contribution in [0.3, 0.4) is 0 Å². The van der Waals surface area contributed by atoms with Gasteiger partial charge in [0, 0.05) is 24.3 Å². The highest BCUT2D eigenvalue weighted by Gasteiger charge is 2.28. The highest BCUT2D eigenvalue weighted by Crippen LogP contribution is 2.24. The van der Waals surface area contributed by atoms with Crippen LogP contribution in [0.25, 0.3) is 11.0 Å². The van der Waals surface area contributed by atoms with E-state index in [-0.39, 0.29) is 17.7 Å². The van der Waals surface area contributed by atoms with Crippen molar-refractivity contribution in [1.29, 1.82) is 0 Å². The van der Waals surface area contributed by atoms with Gasteiger partial charge in [-0.2, -0.15) is 0 Å². The molecule has 98 valence electrons. The second kappa shape index (κ2) is 4.53. The van der Waals surface area contributed by atoms with Gasteiger partial charge in [-0.25, -0.2) is 0 Å². The van der Waals surface area contributed by atoms with Gasteiger partial charge < -0.3 is 9.73 Å². The molecule has 0 aliphatic heterocycles. The number of carbonyl (C=O) groups excluding carboxylic acids is 2. The number of carbonyl (C=O) groups is 2. The summed E-state index contributed by atoms with van der Waals surface area (Å²) in [5, 5.41) is 3.69. The first-order chi connectivity index (χ1) is 9.17. The molecule has 0 unspecified atom stereocenters. The summed E-state index contributed by atoms with van der Waals surface area (Å²) in [5.41, 5.74) is 2.43. The molecule has 0 atom stereocenters. The minimum atomic E-state index is -0.162. The number of rotatable bonds is 3. The maximum atomic E-state index is 12.1. The van der Waals surface area contributed by atoms with E-state index in [2.05, 4.69) is 12.2 Å². The maximum absolute atomic E-state index is 12.1. The number of amides is 1. The summed E-state index contributed by atoms with van der Waals surface area (Å²) in [5.74, 6) is 0.0418. The Labute approximate surface area is 110 Å². The topological polar surface area (TPSA) is 59.3 Å². The summed E-state index contributed by atoms with van der Waals surface area (Å²) < 4.78 is 5.40. The van der Waals surface area contributed by atoms with Crippen LogP contribution in [0.1, 0.15) is 35.7 Å². The first kappa shape index (κ1) is 12.0. The quantitative estimate of drug-likeness (QED) is 0.918. The van der Waals surface area contributed by atoms with Gasteiger partial charge in [-0.1, -0.05) is 13.0 Å². The van der Waals surface area contributed by atoms with Crippen molar-refractivity contribution in [3.8, 4) is 0 Å². The number of Topliss-reactive ketones (excluding diaryl/α,β-unsaturated/α-hetero) is 1. The Morgan fingerprint density at radius 2 is 2.21 bits per heavy atom. The van der Waals surface area contributed by atoms with Crippen LogP contribution >= 0.6 is 0 Å². The number of hydrogen-bond acceptors (Lipinski definition) is 3. The molecule has 0 saturated heterocycles. The van der Waals surface area contributed by atoms with Crippen molar-refractivity contribution in [1.82, 2.24) is 5.32 Å². The Kier molecular flexibility index (Phi) is 2.85. The normalized spacial score (nSPS) is 15.5. The summed E-state index contributed by atoms with van der Waals surface area (Å²) in [6.07, 6.45) is 3.29. The fourth-order valence-corrected chi connectivity index (χ4v) is 2.33. The molecule has 1 amide bonds. The van der Waals surface area contributed by atoms with Crippen LogP contribution in [-0.2, 0) is 11.2 Å². The monoisotopic (exact) mass is 257 g/mol. The number of ketones is 1. The highest BCUT2D eigenvalue weighted by atomic mass is 16.3. The van der Waals surface area contributed by atoms with Gasteiger partial charge in [0.15, 0.2) is 0 Å². The van der Waals surface area contributed by atoms with Gasteiger partial charge in [0.25, 0.3) is 5.91 Å². The first-order valence-corrected chi connectivity index (χ1v) is 6.50. The van der Waals surface area contributed by atoms with E-state index >= 15 is 0 Å². The molecule has 1 aromatic heterocycles. The zero-order valence-corrected chi connectivity index (χ0v) is 10.7. The van der Waals surface area contributed by atoms with Gasteiger partial charge in [0.05, 0.1) is 5.56 Å². The molecule has 0 radical (unpaired) electrons. The second-order valence-corrected chi connectivity index (χ2v) is 4.95. The maximum Gasteiger partial charge on any atom is 0.255 e. The number of benzene rings is 1. The SMILES string of the molecule is CCc1ccc2occ(C(=O)NC3CC(=O)C3)c2c1. The molecule has 19 heavy (non-hydrogen) atoms. The molecule has 4 nitrogen and oxygen atoms in total. The van der Waals surface area contributed by atoms with Crippen molar-refractivity contribution in [3.63, 3.8) is 0 Å². The van der Waals surface area contributed by atoms with Crippen LogP contribution in [0.5, 0.6) is 0 Å². The summed E-state index contributed by atoms with van der Waals surface area (Å²) in [6, 6.07) is 5.86. The predicted molar refractivity (Wildman–Crippen MR) is 71.1 cm³/mol. The lowest BCUT2D eigenvalue weighted by atomic mass is 9.91. The second-order valence-electron chi connectivity index (χ2n) is 4.95. The smallest absolute Gasteiger partial charge is 0.255 e. The van der Waals surface area contributed by atoms with E-state index < -0.39 is 0 Å². The third-order valence-corrected chi connectivity index (χ3v) is 3.57. The Bertz CT molecular complexity index is 648.